The van der Waals surface area contributed by atoms with Crippen molar-refractivity contribution >= 4 is 29.9 Å². The van der Waals surface area contributed by atoms with Crippen LogP contribution in [-0.4, -0.2) is 34.3 Å². The minimum Gasteiger partial charge on any atom is -0.463 e. The first-order valence-corrected chi connectivity index (χ1v) is 9.42. The third-order valence-corrected chi connectivity index (χ3v) is 5.00. The van der Waals surface area contributed by atoms with Crippen molar-refractivity contribution in [3.8, 4) is 17.1 Å². The first-order chi connectivity index (χ1) is 13.1. The highest BCUT2D eigenvalue weighted by atomic mass is 35.5. The van der Waals surface area contributed by atoms with E-state index >= 15 is 0 Å². The van der Waals surface area contributed by atoms with E-state index in [1.165, 1.54) is 0 Å². The molecule has 0 spiro atoms. The molecule has 28 heavy (non-hydrogen) atoms. The van der Waals surface area contributed by atoms with Gasteiger partial charge >= 0.3 is 0 Å². The number of nitrogens with one attached hydrogen (secondary N) is 2. The molecule has 0 radical (unpaired) electrons. The Hall–Kier alpha value is -2.28. The molecule has 3 heterocycles. The van der Waals surface area contributed by atoms with Gasteiger partial charge in [0.25, 0.3) is 5.91 Å². The molecule has 1 saturated heterocycles. The van der Waals surface area contributed by atoms with Gasteiger partial charge in [0.2, 0.25) is 0 Å². The van der Waals surface area contributed by atoms with Crippen molar-refractivity contribution in [3.63, 3.8) is 0 Å². The number of carbonyl (C=O) groups excluding carboxylic acids is 1. The minimum atomic E-state index is -0.172. The molecule has 0 saturated carbocycles. The van der Waals surface area contributed by atoms with Crippen molar-refractivity contribution in [2.24, 2.45) is 0 Å². The summed E-state index contributed by atoms with van der Waals surface area (Å²) in [7, 11) is 0. The van der Waals surface area contributed by atoms with E-state index in [9.17, 15) is 4.79 Å². The molecule has 2 unspecified atom stereocenters. The number of benzene rings is 1. The molecule has 2 atom stereocenters. The van der Waals surface area contributed by atoms with Crippen molar-refractivity contribution < 1.29 is 9.21 Å². The molecule has 1 amide bonds. The zero-order valence-electron chi connectivity index (χ0n) is 15.4. The van der Waals surface area contributed by atoms with E-state index in [2.05, 4.69) is 22.7 Å². The fraction of sp³-hybridized carbons (Fsp3) is 0.300. The second kappa shape index (κ2) is 8.82. The van der Waals surface area contributed by atoms with Crippen LogP contribution in [0.25, 0.3) is 17.1 Å². The van der Waals surface area contributed by atoms with Gasteiger partial charge in [-0.1, -0.05) is 11.6 Å². The second-order valence-electron chi connectivity index (χ2n) is 6.83. The monoisotopic (exact) mass is 420 g/mol. The molecule has 1 aliphatic rings. The zero-order valence-corrected chi connectivity index (χ0v) is 17.0. The largest absolute Gasteiger partial charge is 0.463 e. The van der Waals surface area contributed by atoms with Crippen molar-refractivity contribution in [3.05, 3.63) is 59.4 Å². The van der Waals surface area contributed by atoms with Crippen molar-refractivity contribution in [2.75, 3.05) is 6.54 Å². The Kier molecular flexibility index (Phi) is 6.44. The maximum Gasteiger partial charge on any atom is 0.272 e. The summed E-state index contributed by atoms with van der Waals surface area (Å²) in [4.78, 5) is 12.8. The van der Waals surface area contributed by atoms with Crippen LogP contribution in [0, 0.1) is 0 Å². The Bertz CT molecular complexity index is 922. The molecule has 2 N–H and O–H groups in total. The van der Waals surface area contributed by atoms with Gasteiger partial charge in [0.05, 0.1) is 12.0 Å². The predicted molar refractivity (Wildman–Crippen MR) is 111 cm³/mol. The van der Waals surface area contributed by atoms with Crippen LogP contribution < -0.4 is 10.6 Å². The Morgan fingerprint density at radius 2 is 2.11 bits per heavy atom. The highest BCUT2D eigenvalue weighted by molar-refractivity contribution is 6.30. The number of halogens is 2. The lowest BCUT2D eigenvalue weighted by molar-refractivity contribution is 0.0920. The molecule has 1 fully saturated rings. The molecule has 4 rings (SSSR count). The maximum absolute atomic E-state index is 12.8. The molecule has 1 aliphatic heterocycles. The van der Waals surface area contributed by atoms with Crippen LogP contribution in [0.1, 0.15) is 30.3 Å². The van der Waals surface area contributed by atoms with Gasteiger partial charge < -0.3 is 15.1 Å². The zero-order chi connectivity index (χ0) is 18.8. The second-order valence-corrected chi connectivity index (χ2v) is 7.27. The standard InChI is InChI=1S/C20H21ClN4O2.ClH/c1-13-11-15(8-9-22-13)23-20(26)17-12-18(19-3-2-10-27-19)25(24-17)16-6-4-14(21)5-7-16;/h2-7,10,12-13,15,22H,8-9,11H2,1H3,(H,23,26);1H. The lowest BCUT2D eigenvalue weighted by Crippen LogP contribution is -2.46. The molecule has 0 aliphatic carbocycles. The van der Waals surface area contributed by atoms with Crippen LogP contribution in [0.3, 0.4) is 0 Å². The van der Waals surface area contributed by atoms with Gasteiger partial charge in [0.15, 0.2) is 11.5 Å². The summed E-state index contributed by atoms with van der Waals surface area (Å²) in [5, 5.41) is 11.7. The smallest absolute Gasteiger partial charge is 0.272 e. The van der Waals surface area contributed by atoms with Gasteiger partial charge in [-0.25, -0.2) is 4.68 Å². The Balaban J connectivity index is 0.00000225. The average molecular weight is 421 g/mol. The maximum atomic E-state index is 12.8. The fourth-order valence-corrected chi connectivity index (χ4v) is 3.52. The quantitative estimate of drug-likeness (QED) is 0.666. The van der Waals surface area contributed by atoms with Crippen molar-refractivity contribution in [1.29, 1.82) is 0 Å². The molecular formula is C20H22Cl2N4O2. The number of hydrogen-bond donors (Lipinski definition) is 2. The number of piperidine rings is 1. The Labute approximate surface area is 174 Å². The van der Waals surface area contributed by atoms with Crippen molar-refractivity contribution in [2.45, 2.75) is 31.8 Å². The van der Waals surface area contributed by atoms with Gasteiger partial charge in [0, 0.05) is 23.2 Å². The lowest BCUT2D eigenvalue weighted by atomic mass is 10.0. The van der Waals surface area contributed by atoms with Gasteiger partial charge in [-0.05, 0) is 62.7 Å². The molecule has 2 aromatic heterocycles. The number of furan rings is 1. The van der Waals surface area contributed by atoms with Crippen LogP contribution in [0.2, 0.25) is 5.02 Å². The number of hydrogen-bond acceptors (Lipinski definition) is 4. The predicted octanol–water partition coefficient (Wildman–Crippen LogP) is 4.08. The molecule has 148 valence electrons. The third kappa shape index (κ3) is 4.41. The van der Waals surface area contributed by atoms with E-state index in [-0.39, 0.29) is 24.4 Å². The van der Waals surface area contributed by atoms with Crippen LogP contribution in [0.15, 0.2) is 53.1 Å². The molecular weight excluding hydrogens is 399 g/mol. The number of amides is 1. The topological polar surface area (TPSA) is 72.1 Å². The van der Waals surface area contributed by atoms with Gasteiger partial charge in [-0.15, -0.1) is 12.4 Å². The summed E-state index contributed by atoms with van der Waals surface area (Å²) in [6.45, 7) is 3.03. The number of nitrogens with zero attached hydrogens (tertiary/aromatic N) is 2. The number of aromatic nitrogens is 2. The summed E-state index contributed by atoms with van der Waals surface area (Å²) >= 11 is 6.00. The fourth-order valence-electron chi connectivity index (χ4n) is 3.39. The number of rotatable bonds is 4. The minimum absolute atomic E-state index is 0. The first kappa shape index (κ1) is 20.5. The third-order valence-electron chi connectivity index (χ3n) is 4.75. The van der Waals surface area contributed by atoms with E-state index in [0.717, 1.165) is 25.1 Å². The SMILES string of the molecule is CC1CC(NC(=O)c2cc(-c3ccco3)n(-c3ccc(Cl)cc3)n2)CCN1.Cl. The van der Waals surface area contributed by atoms with E-state index in [1.807, 2.05) is 24.3 Å². The summed E-state index contributed by atoms with van der Waals surface area (Å²) in [6, 6.07) is 13.3. The highest BCUT2D eigenvalue weighted by Gasteiger charge is 2.23. The van der Waals surface area contributed by atoms with E-state index in [4.69, 9.17) is 16.0 Å². The lowest BCUT2D eigenvalue weighted by Gasteiger charge is -2.28. The molecule has 1 aromatic carbocycles. The van der Waals surface area contributed by atoms with E-state index in [1.54, 1.807) is 29.1 Å². The summed E-state index contributed by atoms with van der Waals surface area (Å²) in [5.74, 6) is 0.474. The molecule has 6 nitrogen and oxygen atoms in total. The Morgan fingerprint density at radius 3 is 2.79 bits per heavy atom. The van der Waals surface area contributed by atoms with Crippen LogP contribution in [-0.2, 0) is 0 Å². The van der Waals surface area contributed by atoms with Gasteiger partial charge in [-0.3, -0.25) is 4.79 Å². The van der Waals surface area contributed by atoms with Crippen LogP contribution >= 0.6 is 24.0 Å². The summed E-state index contributed by atoms with van der Waals surface area (Å²) < 4.78 is 7.24. The summed E-state index contributed by atoms with van der Waals surface area (Å²) in [6.07, 6.45) is 3.43. The first-order valence-electron chi connectivity index (χ1n) is 9.04. The molecule has 8 heteroatoms. The highest BCUT2D eigenvalue weighted by Crippen LogP contribution is 2.25. The normalized spacial score (nSPS) is 19.1. The van der Waals surface area contributed by atoms with Crippen molar-refractivity contribution in [1.82, 2.24) is 20.4 Å². The average Bonchev–Trinajstić information content (AvgIpc) is 3.32. The van der Waals surface area contributed by atoms with E-state index < -0.39 is 0 Å². The number of carbonyl (C=O) groups is 1. The van der Waals surface area contributed by atoms with Gasteiger partial charge in [-0.2, -0.15) is 5.10 Å². The van der Waals surface area contributed by atoms with Crippen LogP contribution in [0.4, 0.5) is 0 Å². The summed E-state index contributed by atoms with van der Waals surface area (Å²) in [5.41, 5.74) is 1.88. The van der Waals surface area contributed by atoms with Gasteiger partial charge in [0.1, 0.15) is 5.69 Å². The Morgan fingerprint density at radius 1 is 1.32 bits per heavy atom. The van der Waals surface area contributed by atoms with Crippen LogP contribution in [0.5, 0.6) is 0 Å². The molecule has 0 bridgehead atoms. The van der Waals surface area contributed by atoms with E-state index in [0.29, 0.717) is 28.2 Å². The molecule has 3 aromatic rings.